The Labute approximate surface area is 181 Å². The molecule has 0 aliphatic carbocycles. The first kappa shape index (κ1) is 19.9. The summed E-state index contributed by atoms with van der Waals surface area (Å²) in [5.74, 6) is 1.48. The van der Waals surface area contributed by atoms with E-state index in [2.05, 4.69) is 0 Å². The highest BCUT2D eigenvalue weighted by Crippen LogP contribution is 2.37. The van der Waals surface area contributed by atoms with Gasteiger partial charge >= 0.3 is 0 Å². The van der Waals surface area contributed by atoms with E-state index in [-0.39, 0.29) is 11.6 Å². The third kappa shape index (κ3) is 3.85. The lowest BCUT2D eigenvalue weighted by Gasteiger charge is -2.14. The molecule has 2 heterocycles. The number of non-ortho nitro benzene ring substituents is 1. The van der Waals surface area contributed by atoms with Gasteiger partial charge in [-0.1, -0.05) is 24.0 Å². The third-order valence-electron chi connectivity index (χ3n) is 4.39. The van der Waals surface area contributed by atoms with Crippen molar-refractivity contribution in [3.8, 4) is 17.1 Å². The molecule has 0 atom stereocenters. The first-order valence-corrected chi connectivity index (χ1v) is 9.95. The van der Waals surface area contributed by atoms with Gasteiger partial charge < -0.3 is 9.15 Å². The molecule has 1 aromatic heterocycles. The van der Waals surface area contributed by atoms with E-state index in [0.29, 0.717) is 37.7 Å². The van der Waals surface area contributed by atoms with Gasteiger partial charge in [0.05, 0.1) is 22.6 Å². The van der Waals surface area contributed by atoms with Crippen molar-refractivity contribution < 1.29 is 18.9 Å². The predicted molar refractivity (Wildman–Crippen MR) is 119 cm³/mol. The molecule has 0 saturated carbocycles. The van der Waals surface area contributed by atoms with Crippen LogP contribution in [0.25, 0.3) is 17.4 Å². The zero-order valence-electron chi connectivity index (χ0n) is 15.6. The van der Waals surface area contributed by atoms with Crippen molar-refractivity contribution in [3.63, 3.8) is 0 Å². The fraction of sp³-hybridized carbons (Fsp3) is 0.0476. The topological polar surface area (TPSA) is 85.8 Å². The van der Waals surface area contributed by atoms with Crippen LogP contribution in [0.5, 0.6) is 5.75 Å². The van der Waals surface area contributed by atoms with Crippen LogP contribution < -0.4 is 9.64 Å². The Morgan fingerprint density at radius 2 is 1.80 bits per heavy atom. The molecule has 150 valence electrons. The second-order valence-electron chi connectivity index (χ2n) is 6.22. The third-order valence-corrected chi connectivity index (χ3v) is 5.69. The van der Waals surface area contributed by atoms with Crippen LogP contribution in [0, 0.1) is 10.1 Å². The number of rotatable bonds is 5. The maximum absolute atomic E-state index is 12.9. The molecular weight excluding hydrogens is 424 g/mol. The van der Waals surface area contributed by atoms with E-state index in [4.69, 9.17) is 21.4 Å². The standard InChI is InChI=1S/C21H14N2O5S2/c1-27-16-8-6-14(7-9-16)22-20(24)19(30-21(22)29)12-17-10-11-18(28-17)13-2-4-15(5-3-13)23(25)26/h2-12H,1H3. The number of nitrogens with zero attached hydrogens (tertiary/aromatic N) is 2. The second kappa shape index (κ2) is 8.13. The summed E-state index contributed by atoms with van der Waals surface area (Å²) in [4.78, 5) is 25.1. The Bertz CT molecular complexity index is 1170. The Morgan fingerprint density at radius 3 is 2.43 bits per heavy atom. The summed E-state index contributed by atoms with van der Waals surface area (Å²) in [7, 11) is 1.58. The number of thiocarbonyl (C=S) groups is 1. The first-order valence-electron chi connectivity index (χ1n) is 8.73. The van der Waals surface area contributed by atoms with Crippen molar-refractivity contribution in [2.24, 2.45) is 0 Å². The molecule has 0 bridgehead atoms. The van der Waals surface area contributed by atoms with Crippen molar-refractivity contribution in [1.29, 1.82) is 0 Å². The molecule has 4 rings (SSSR count). The van der Waals surface area contributed by atoms with Gasteiger partial charge in [0.1, 0.15) is 17.3 Å². The van der Waals surface area contributed by atoms with Crippen LogP contribution in [0.4, 0.5) is 11.4 Å². The van der Waals surface area contributed by atoms with Crippen molar-refractivity contribution in [3.05, 3.63) is 81.4 Å². The van der Waals surface area contributed by atoms with Crippen LogP contribution in [0.1, 0.15) is 5.76 Å². The minimum absolute atomic E-state index is 0.00716. The van der Waals surface area contributed by atoms with Crippen LogP contribution in [-0.4, -0.2) is 22.3 Å². The minimum atomic E-state index is -0.456. The van der Waals surface area contributed by atoms with Gasteiger partial charge in [-0.3, -0.25) is 19.8 Å². The largest absolute Gasteiger partial charge is 0.497 e. The molecule has 30 heavy (non-hydrogen) atoms. The molecular formula is C21H14N2O5S2. The van der Waals surface area contributed by atoms with Crippen molar-refractivity contribution in [2.45, 2.75) is 0 Å². The van der Waals surface area contributed by atoms with Gasteiger partial charge in [-0.05, 0) is 48.5 Å². The molecule has 0 N–H and O–H groups in total. The van der Waals surface area contributed by atoms with E-state index in [0.717, 1.165) is 0 Å². The minimum Gasteiger partial charge on any atom is -0.497 e. The molecule has 0 unspecified atom stereocenters. The Kier molecular flexibility index (Phi) is 5.39. The van der Waals surface area contributed by atoms with Gasteiger partial charge in [-0.25, -0.2) is 0 Å². The number of hydrogen-bond acceptors (Lipinski definition) is 7. The molecule has 1 fully saturated rings. The van der Waals surface area contributed by atoms with E-state index >= 15 is 0 Å². The molecule has 0 spiro atoms. The van der Waals surface area contributed by atoms with Gasteiger partial charge in [0.2, 0.25) is 0 Å². The smallest absolute Gasteiger partial charge is 0.270 e. The fourth-order valence-corrected chi connectivity index (χ4v) is 4.16. The number of thioether (sulfide) groups is 1. The number of furan rings is 1. The highest BCUT2D eigenvalue weighted by molar-refractivity contribution is 8.27. The monoisotopic (exact) mass is 438 g/mol. The number of benzene rings is 2. The number of carbonyl (C=O) groups excluding carboxylic acids is 1. The van der Waals surface area contributed by atoms with Crippen LogP contribution in [-0.2, 0) is 4.79 Å². The Balaban J connectivity index is 1.56. The summed E-state index contributed by atoms with van der Waals surface area (Å²) >= 11 is 6.57. The maximum atomic E-state index is 12.9. The number of carbonyl (C=O) groups is 1. The molecule has 2 aromatic carbocycles. The molecule has 3 aromatic rings. The van der Waals surface area contributed by atoms with Crippen molar-refractivity contribution in [2.75, 3.05) is 12.0 Å². The first-order chi connectivity index (χ1) is 14.5. The number of anilines is 1. The lowest BCUT2D eigenvalue weighted by Crippen LogP contribution is -2.27. The lowest BCUT2D eigenvalue weighted by atomic mass is 10.1. The normalized spacial score (nSPS) is 15.1. The van der Waals surface area contributed by atoms with E-state index in [9.17, 15) is 14.9 Å². The van der Waals surface area contributed by atoms with Gasteiger partial charge in [-0.15, -0.1) is 0 Å². The molecule has 0 radical (unpaired) electrons. The number of amides is 1. The van der Waals surface area contributed by atoms with Gasteiger partial charge in [0, 0.05) is 23.8 Å². The van der Waals surface area contributed by atoms with E-state index in [1.54, 1.807) is 61.7 Å². The predicted octanol–water partition coefficient (Wildman–Crippen LogP) is 5.27. The summed E-state index contributed by atoms with van der Waals surface area (Å²) in [6.45, 7) is 0. The van der Waals surface area contributed by atoms with Crippen LogP contribution in [0.2, 0.25) is 0 Å². The van der Waals surface area contributed by atoms with Crippen molar-refractivity contribution in [1.82, 2.24) is 0 Å². The van der Waals surface area contributed by atoms with Crippen LogP contribution >= 0.6 is 24.0 Å². The molecule has 9 heteroatoms. The number of nitro benzene ring substituents is 1. The van der Waals surface area contributed by atoms with E-state index in [1.165, 1.54) is 28.8 Å². The summed E-state index contributed by atoms with van der Waals surface area (Å²) in [5, 5.41) is 10.8. The Hall–Kier alpha value is -3.43. The second-order valence-corrected chi connectivity index (χ2v) is 7.90. The molecule has 1 saturated heterocycles. The van der Waals surface area contributed by atoms with Crippen LogP contribution in [0.15, 0.2) is 70.0 Å². The summed E-state index contributed by atoms with van der Waals surface area (Å²) in [6.07, 6.45) is 1.64. The summed E-state index contributed by atoms with van der Waals surface area (Å²) in [6, 6.07) is 16.6. The SMILES string of the molecule is COc1ccc(N2C(=O)C(=Cc3ccc(-c4ccc([N+](=O)[O-])cc4)o3)SC2=S)cc1. The van der Waals surface area contributed by atoms with Crippen LogP contribution in [0.3, 0.4) is 0 Å². The molecule has 1 aliphatic rings. The van der Waals surface area contributed by atoms with Crippen molar-refractivity contribution >= 4 is 51.7 Å². The summed E-state index contributed by atoms with van der Waals surface area (Å²) in [5.41, 5.74) is 1.37. The average molecular weight is 438 g/mol. The number of ether oxygens (including phenoxy) is 1. The van der Waals surface area contributed by atoms with Gasteiger partial charge in [0.25, 0.3) is 11.6 Å². The maximum Gasteiger partial charge on any atom is 0.270 e. The zero-order valence-corrected chi connectivity index (χ0v) is 17.2. The van der Waals surface area contributed by atoms with Gasteiger partial charge in [0.15, 0.2) is 4.32 Å². The number of hydrogen-bond donors (Lipinski definition) is 0. The number of nitro groups is 1. The van der Waals surface area contributed by atoms with E-state index in [1.807, 2.05) is 0 Å². The Morgan fingerprint density at radius 1 is 1.10 bits per heavy atom. The average Bonchev–Trinajstić information content (AvgIpc) is 3.33. The molecule has 1 aliphatic heterocycles. The highest BCUT2D eigenvalue weighted by atomic mass is 32.2. The number of methoxy groups -OCH3 is 1. The van der Waals surface area contributed by atoms with Gasteiger partial charge in [-0.2, -0.15) is 0 Å². The fourth-order valence-electron chi connectivity index (χ4n) is 2.88. The highest BCUT2D eigenvalue weighted by Gasteiger charge is 2.33. The lowest BCUT2D eigenvalue weighted by molar-refractivity contribution is -0.384. The molecule has 1 amide bonds. The van der Waals surface area contributed by atoms with E-state index < -0.39 is 4.92 Å². The molecule has 7 nitrogen and oxygen atoms in total. The summed E-state index contributed by atoms with van der Waals surface area (Å²) < 4.78 is 11.4. The zero-order chi connectivity index (χ0) is 21.3. The quantitative estimate of drug-likeness (QED) is 0.232.